The number of aromatic nitrogens is 1. The number of halogens is 3. The molecule has 10 heteroatoms. The number of anilines is 2. The van der Waals surface area contributed by atoms with Gasteiger partial charge in [-0.25, -0.2) is 14.9 Å². The van der Waals surface area contributed by atoms with Gasteiger partial charge in [-0.3, -0.25) is 9.63 Å². The molecule has 0 fully saturated rings. The molecule has 3 N–H and O–H groups in total. The van der Waals surface area contributed by atoms with E-state index in [0.29, 0.717) is 4.47 Å². The number of ether oxygens (including phenoxy) is 1. The number of nitrogens with zero attached hydrogens (tertiary/aromatic N) is 1. The molecule has 0 radical (unpaired) electrons. The Kier molecular flexibility index (Phi) is 6.94. The molecule has 0 unspecified atom stereocenters. The van der Waals surface area contributed by atoms with Crippen LogP contribution in [-0.2, 0) is 4.84 Å². The van der Waals surface area contributed by atoms with Crippen molar-refractivity contribution in [3.8, 4) is 5.88 Å². The predicted molar refractivity (Wildman–Crippen MR) is 93.7 cm³/mol. The maximum Gasteiger partial charge on any atom is 0.278 e. The molecule has 1 amide bonds. The summed E-state index contributed by atoms with van der Waals surface area (Å²) in [5, 5.41) is 11.4. The fourth-order valence-electron chi connectivity index (χ4n) is 1.85. The Morgan fingerprint density at radius 2 is 2.24 bits per heavy atom. The van der Waals surface area contributed by atoms with Gasteiger partial charge >= 0.3 is 0 Å². The summed E-state index contributed by atoms with van der Waals surface area (Å²) in [6.45, 7) is -0.357. The number of carbonyl (C=O) groups is 1. The minimum absolute atomic E-state index is 0.000345. The molecule has 0 bridgehead atoms. The van der Waals surface area contributed by atoms with Gasteiger partial charge in [-0.1, -0.05) is 27.5 Å². The summed E-state index contributed by atoms with van der Waals surface area (Å²) in [4.78, 5) is 20.9. The van der Waals surface area contributed by atoms with E-state index in [1.165, 1.54) is 25.4 Å². The molecule has 2 aromatic rings. The molecule has 2 rings (SSSR count). The van der Waals surface area contributed by atoms with Crippen LogP contribution in [0.5, 0.6) is 5.88 Å². The Labute approximate surface area is 156 Å². The largest absolute Gasteiger partial charge is 0.480 e. The highest BCUT2D eigenvalue weighted by molar-refractivity contribution is 9.10. The van der Waals surface area contributed by atoms with E-state index in [1.54, 1.807) is 6.07 Å². The second-order valence-corrected chi connectivity index (χ2v) is 5.92. The third-order valence-corrected chi connectivity index (χ3v) is 3.82. The third kappa shape index (κ3) is 4.79. The molecule has 134 valence electrons. The molecular formula is C15H14BrClFN3O4. The number of nitrogens with one attached hydrogen (secondary N) is 2. The molecule has 7 nitrogen and oxygen atoms in total. The van der Waals surface area contributed by atoms with Crippen LogP contribution in [0.15, 0.2) is 28.9 Å². The molecule has 1 heterocycles. The first kappa shape index (κ1) is 19.4. The Balaban J connectivity index is 2.40. The number of methoxy groups -OCH3 is 1. The summed E-state index contributed by atoms with van der Waals surface area (Å²) >= 11 is 9.38. The average Bonchev–Trinajstić information content (AvgIpc) is 2.58. The zero-order valence-corrected chi connectivity index (χ0v) is 15.3. The number of pyridine rings is 1. The number of hydrogen-bond acceptors (Lipinski definition) is 6. The van der Waals surface area contributed by atoms with Gasteiger partial charge < -0.3 is 15.2 Å². The highest BCUT2D eigenvalue weighted by Crippen LogP contribution is 2.36. The van der Waals surface area contributed by atoms with Crippen LogP contribution in [0.2, 0.25) is 5.02 Å². The third-order valence-electron chi connectivity index (χ3n) is 2.97. The van der Waals surface area contributed by atoms with Crippen LogP contribution in [0.4, 0.5) is 15.8 Å². The van der Waals surface area contributed by atoms with E-state index in [1.807, 2.05) is 0 Å². The molecule has 0 aliphatic heterocycles. The van der Waals surface area contributed by atoms with Crippen molar-refractivity contribution in [2.45, 2.75) is 0 Å². The van der Waals surface area contributed by atoms with E-state index in [2.05, 4.69) is 31.7 Å². The lowest BCUT2D eigenvalue weighted by Gasteiger charge is -2.15. The second kappa shape index (κ2) is 8.95. The molecular weight excluding hydrogens is 421 g/mol. The summed E-state index contributed by atoms with van der Waals surface area (Å²) in [5.74, 6) is -1.16. The fraction of sp³-hybridized carbons (Fsp3) is 0.200. The van der Waals surface area contributed by atoms with Crippen LogP contribution in [0, 0.1) is 5.82 Å². The normalized spacial score (nSPS) is 10.4. The van der Waals surface area contributed by atoms with Crippen molar-refractivity contribution in [2.24, 2.45) is 0 Å². The van der Waals surface area contributed by atoms with Crippen LogP contribution in [0.1, 0.15) is 10.4 Å². The van der Waals surface area contributed by atoms with Crippen molar-refractivity contribution < 1.29 is 23.9 Å². The molecule has 0 spiro atoms. The van der Waals surface area contributed by atoms with Crippen LogP contribution in [-0.4, -0.2) is 36.3 Å². The van der Waals surface area contributed by atoms with Crippen molar-refractivity contribution in [1.82, 2.24) is 10.5 Å². The Morgan fingerprint density at radius 1 is 1.48 bits per heavy atom. The molecule has 0 saturated heterocycles. The van der Waals surface area contributed by atoms with Gasteiger partial charge in [-0.2, -0.15) is 0 Å². The first-order valence-electron chi connectivity index (χ1n) is 6.95. The van der Waals surface area contributed by atoms with E-state index < -0.39 is 11.7 Å². The van der Waals surface area contributed by atoms with E-state index in [0.717, 1.165) is 0 Å². The van der Waals surface area contributed by atoms with Crippen molar-refractivity contribution in [3.05, 3.63) is 45.3 Å². The predicted octanol–water partition coefficient (Wildman–Crippen LogP) is 3.04. The summed E-state index contributed by atoms with van der Waals surface area (Å²) < 4.78 is 19.7. The van der Waals surface area contributed by atoms with E-state index >= 15 is 0 Å². The summed E-state index contributed by atoms with van der Waals surface area (Å²) in [7, 11) is 1.36. The number of aliphatic hydroxyl groups excluding tert-OH is 1. The topological polar surface area (TPSA) is 92.7 Å². The monoisotopic (exact) mass is 433 g/mol. The molecule has 25 heavy (non-hydrogen) atoms. The fourth-order valence-corrected chi connectivity index (χ4v) is 2.46. The summed E-state index contributed by atoms with van der Waals surface area (Å²) in [6, 6.07) is 4.37. The molecule has 1 aromatic carbocycles. The van der Waals surface area contributed by atoms with E-state index in [9.17, 15) is 9.18 Å². The highest BCUT2D eigenvalue weighted by atomic mass is 79.9. The van der Waals surface area contributed by atoms with Gasteiger partial charge in [0.25, 0.3) is 5.91 Å². The van der Waals surface area contributed by atoms with Gasteiger partial charge in [0.2, 0.25) is 5.88 Å². The molecule has 0 aliphatic carbocycles. The van der Waals surface area contributed by atoms with Crippen molar-refractivity contribution in [1.29, 1.82) is 0 Å². The lowest BCUT2D eigenvalue weighted by Crippen LogP contribution is -2.26. The SMILES string of the molecule is COc1ncc(C(=O)NOCCO)c(Nc2ccc(Br)cc2F)c1Cl. The van der Waals surface area contributed by atoms with Gasteiger partial charge in [-0.15, -0.1) is 0 Å². The zero-order chi connectivity index (χ0) is 18.4. The minimum atomic E-state index is -0.675. The summed E-state index contributed by atoms with van der Waals surface area (Å²) in [6.07, 6.45) is 1.21. The van der Waals surface area contributed by atoms with Crippen LogP contribution in [0.3, 0.4) is 0 Å². The number of aliphatic hydroxyl groups is 1. The lowest BCUT2D eigenvalue weighted by molar-refractivity contribution is 0.0168. The Bertz CT molecular complexity index is 779. The first-order chi connectivity index (χ1) is 12.0. The molecule has 0 saturated carbocycles. The molecule has 0 aliphatic rings. The van der Waals surface area contributed by atoms with Gasteiger partial charge in [0.1, 0.15) is 10.8 Å². The van der Waals surface area contributed by atoms with Gasteiger partial charge in [0, 0.05) is 10.7 Å². The number of rotatable bonds is 7. The maximum absolute atomic E-state index is 14.1. The smallest absolute Gasteiger partial charge is 0.278 e. The van der Waals surface area contributed by atoms with Crippen LogP contribution in [0.25, 0.3) is 0 Å². The van der Waals surface area contributed by atoms with E-state index in [4.69, 9.17) is 26.3 Å². The van der Waals surface area contributed by atoms with Crippen molar-refractivity contribution in [3.63, 3.8) is 0 Å². The molecule has 0 atom stereocenters. The first-order valence-corrected chi connectivity index (χ1v) is 8.12. The number of carbonyl (C=O) groups excluding carboxylic acids is 1. The minimum Gasteiger partial charge on any atom is -0.480 e. The average molecular weight is 435 g/mol. The Hall–Kier alpha value is -1.94. The standard InChI is InChI=1S/C15H14BrClFN3O4/c1-24-15-12(17)13(20-11-3-2-8(16)6-10(11)18)9(7-19-15)14(23)21-25-5-4-22/h2-3,6-7,22H,4-5H2,1H3,(H,19,20)(H,21,23). The quantitative estimate of drug-likeness (QED) is 0.458. The number of hydroxylamine groups is 1. The van der Waals surface area contributed by atoms with Gasteiger partial charge in [0.15, 0.2) is 0 Å². The number of benzene rings is 1. The van der Waals surface area contributed by atoms with Gasteiger partial charge in [0.05, 0.1) is 37.3 Å². The Morgan fingerprint density at radius 3 is 2.88 bits per heavy atom. The maximum atomic E-state index is 14.1. The van der Waals surface area contributed by atoms with Crippen molar-refractivity contribution in [2.75, 3.05) is 25.6 Å². The summed E-state index contributed by atoms with van der Waals surface area (Å²) in [5.41, 5.74) is 2.34. The van der Waals surface area contributed by atoms with Crippen molar-refractivity contribution >= 4 is 44.8 Å². The van der Waals surface area contributed by atoms with E-state index in [-0.39, 0.29) is 41.1 Å². The lowest BCUT2D eigenvalue weighted by atomic mass is 10.2. The van der Waals surface area contributed by atoms with Crippen LogP contribution < -0.4 is 15.5 Å². The second-order valence-electron chi connectivity index (χ2n) is 4.62. The number of hydrogen-bond donors (Lipinski definition) is 3. The van der Waals surface area contributed by atoms with Gasteiger partial charge in [-0.05, 0) is 18.2 Å². The number of amides is 1. The highest BCUT2D eigenvalue weighted by Gasteiger charge is 2.20. The van der Waals surface area contributed by atoms with Crippen LogP contribution >= 0.6 is 27.5 Å². The molecule has 1 aromatic heterocycles. The zero-order valence-electron chi connectivity index (χ0n) is 13.0.